The molecule has 3 aliphatic heterocycles. The Kier molecular flexibility index (Phi) is 7.07. The molecule has 148 valence electrons. The van der Waals surface area contributed by atoms with Crippen molar-refractivity contribution in [1.29, 1.82) is 0 Å². The molecule has 3 fully saturated rings. The highest BCUT2D eigenvalue weighted by Gasteiger charge is 2.39. The zero-order valence-corrected chi connectivity index (χ0v) is 15.8. The van der Waals surface area contributed by atoms with Crippen LogP contribution in [0.1, 0.15) is 30.9 Å². The average Bonchev–Trinajstić information content (AvgIpc) is 3.32. The molecule has 3 saturated heterocycles. The van der Waals surface area contributed by atoms with Crippen LogP contribution in [0.3, 0.4) is 0 Å². The second-order valence-electron chi connectivity index (χ2n) is 7.03. The van der Waals surface area contributed by atoms with Crippen LogP contribution >= 0.6 is 11.6 Å². The van der Waals surface area contributed by atoms with Gasteiger partial charge in [0.1, 0.15) is 6.10 Å². The molecule has 0 radical (unpaired) electrons. The molecule has 27 heavy (non-hydrogen) atoms. The fraction of sp³-hybridized carbons (Fsp3) is 0.579. The molecule has 0 saturated carbocycles. The largest absolute Gasteiger partial charge is 0.483 e. The maximum Gasteiger partial charge on any atom is 0.290 e. The maximum absolute atomic E-state index is 12.2. The minimum absolute atomic E-state index is 0.0486. The second kappa shape index (κ2) is 9.50. The van der Waals surface area contributed by atoms with Gasteiger partial charge in [0.05, 0.1) is 12.7 Å². The van der Waals surface area contributed by atoms with Crippen molar-refractivity contribution in [3.63, 3.8) is 0 Å². The third kappa shape index (κ3) is 5.19. The van der Waals surface area contributed by atoms with E-state index in [1.807, 2.05) is 24.3 Å². The van der Waals surface area contributed by atoms with Crippen molar-refractivity contribution in [3.8, 4) is 0 Å². The van der Waals surface area contributed by atoms with E-state index in [0.717, 1.165) is 42.9 Å². The number of amides is 1. The summed E-state index contributed by atoms with van der Waals surface area (Å²) in [4.78, 5) is 23.0. The van der Waals surface area contributed by atoms with E-state index in [4.69, 9.17) is 31.0 Å². The van der Waals surface area contributed by atoms with Crippen LogP contribution in [0.4, 0.5) is 0 Å². The lowest BCUT2D eigenvalue weighted by Gasteiger charge is -2.35. The maximum atomic E-state index is 12.2. The van der Waals surface area contributed by atoms with Crippen LogP contribution < -0.4 is 5.32 Å². The summed E-state index contributed by atoms with van der Waals surface area (Å²) in [6.45, 7) is 2.91. The van der Waals surface area contributed by atoms with Crippen LogP contribution in [0.5, 0.6) is 0 Å². The molecular weight excluding hydrogens is 372 g/mol. The molecule has 3 aliphatic rings. The number of hydrogen-bond donors (Lipinski definition) is 2. The number of ether oxygens (including phenoxy) is 2. The van der Waals surface area contributed by atoms with E-state index in [2.05, 4.69) is 10.2 Å². The Bertz CT molecular complexity index is 635. The lowest BCUT2D eigenvalue weighted by molar-refractivity contribution is -0.130. The van der Waals surface area contributed by atoms with Crippen molar-refractivity contribution in [2.75, 3.05) is 26.3 Å². The number of rotatable bonds is 3. The number of fused-ring (bicyclic) bond motifs is 1. The van der Waals surface area contributed by atoms with Crippen molar-refractivity contribution in [1.82, 2.24) is 10.2 Å². The lowest BCUT2D eigenvalue weighted by Crippen LogP contribution is -2.44. The van der Waals surface area contributed by atoms with Crippen LogP contribution in [-0.2, 0) is 19.1 Å². The Morgan fingerprint density at radius 2 is 2.00 bits per heavy atom. The molecule has 0 bridgehead atoms. The Labute approximate surface area is 163 Å². The molecule has 7 nitrogen and oxygen atoms in total. The summed E-state index contributed by atoms with van der Waals surface area (Å²) in [5.41, 5.74) is 1.16. The molecule has 4 rings (SSSR count). The van der Waals surface area contributed by atoms with E-state index >= 15 is 0 Å². The zero-order chi connectivity index (χ0) is 19.2. The normalized spacial score (nSPS) is 30.1. The predicted octanol–water partition coefficient (Wildman–Crippen LogP) is 1.85. The number of nitrogens with zero attached hydrogens (tertiary/aromatic N) is 1. The minimum atomic E-state index is -0.250. The van der Waals surface area contributed by atoms with E-state index in [-0.39, 0.29) is 30.6 Å². The molecule has 2 N–H and O–H groups in total. The molecule has 4 atom stereocenters. The van der Waals surface area contributed by atoms with E-state index in [1.165, 1.54) is 0 Å². The molecule has 3 heterocycles. The number of carbonyl (C=O) groups is 2. The molecular formula is C19H25ClN2O5. The molecule has 0 spiro atoms. The van der Waals surface area contributed by atoms with E-state index in [9.17, 15) is 4.79 Å². The summed E-state index contributed by atoms with van der Waals surface area (Å²) in [5.74, 6) is 0.0486. The van der Waals surface area contributed by atoms with Gasteiger partial charge in [-0.15, -0.1) is 0 Å². The predicted molar refractivity (Wildman–Crippen MR) is 99.7 cm³/mol. The number of halogens is 1. The molecule has 1 amide bonds. The van der Waals surface area contributed by atoms with Crippen molar-refractivity contribution in [2.45, 2.75) is 43.6 Å². The lowest BCUT2D eigenvalue weighted by atomic mass is 10.1. The number of hydrogen-bond acceptors (Lipinski definition) is 5. The topological polar surface area (TPSA) is 88.1 Å². The summed E-state index contributed by atoms with van der Waals surface area (Å²) in [7, 11) is 0. The first-order valence-corrected chi connectivity index (χ1v) is 9.59. The third-order valence-corrected chi connectivity index (χ3v) is 5.48. The van der Waals surface area contributed by atoms with Crippen LogP contribution in [0, 0.1) is 0 Å². The van der Waals surface area contributed by atoms with Gasteiger partial charge in [0.25, 0.3) is 6.47 Å². The summed E-state index contributed by atoms with van der Waals surface area (Å²) in [5, 5.41) is 10.8. The minimum Gasteiger partial charge on any atom is -0.483 e. The molecule has 0 aliphatic carbocycles. The fourth-order valence-corrected chi connectivity index (χ4v) is 4.06. The highest BCUT2D eigenvalue weighted by molar-refractivity contribution is 6.30. The Morgan fingerprint density at radius 1 is 1.26 bits per heavy atom. The van der Waals surface area contributed by atoms with Crippen LogP contribution in [0.15, 0.2) is 24.3 Å². The van der Waals surface area contributed by atoms with Gasteiger partial charge in [-0.1, -0.05) is 23.7 Å². The molecule has 8 heteroatoms. The fourth-order valence-electron chi connectivity index (χ4n) is 3.94. The molecule has 0 aromatic heterocycles. The summed E-state index contributed by atoms with van der Waals surface area (Å²) >= 11 is 5.96. The Balaban J connectivity index is 0.000000659. The highest BCUT2D eigenvalue weighted by atomic mass is 35.5. The van der Waals surface area contributed by atoms with Gasteiger partial charge in [0, 0.05) is 36.8 Å². The van der Waals surface area contributed by atoms with Crippen molar-refractivity contribution in [3.05, 3.63) is 34.9 Å². The van der Waals surface area contributed by atoms with Crippen molar-refractivity contribution >= 4 is 24.0 Å². The first kappa shape index (κ1) is 20.1. The smallest absolute Gasteiger partial charge is 0.290 e. The van der Waals surface area contributed by atoms with Gasteiger partial charge in [-0.3, -0.25) is 14.5 Å². The van der Waals surface area contributed by atoms with Gasteiger partial charge in [-0.2, -0.15) is 0 Å². The molecule has 1 aromatic rings. The number of carboxylic acid groups (broad SMARTS) is 1. The summed E-state index contributed by atoms with van der Waals surface area (Å²) < 4.78 is 11.5. The van der Waals surface area contributed by atoms with Crippen molar-refractivity contribution in [2.24, 2.45) is 0 Å². The molecule has 0 unspecified atom stereocenters. The number of carbonyl (C=O) groups excluding carboxylic acids is 1. The van der Waals surface area contributed by atoms with Crippen LogP contribution in [0.2, 0.25) is 5.02 Å². The van der Waals surface area contributed by atoms with Crippen LogP contribution in [0.25, 0.3) is 0 Å². The second-order valence-corrected chi connectivity index (χ2v) is 7.47. The van der Waals surface area contributed by atoms with E-state index < -0.39 is 0 Å². The quantitative estimate of drug-likeness (QED) is 0.758. The first-order valence-electron chi connectivity index (χ1n) is 9.21. The monoisotopic (exact) mass is 396 g/mol. The van der Waals surface area contributed by atoms with E-state index in [0.29, 0.717) is 19.3 Å². The van der Waals surface area contributed by atoms with Gasteiger partial charge in [-0.25, -0.2) is 0 Å². The summed E-state index contributed by atoms with van der Waals surface area (Å²) in [6, 6.07) is 8.45. The highest BCUT2D eigenvalue weighted by Crippen LogP contribution is 2.31. The van der Waals surface area contributed by atoms with Crippen molar-refractivity contribution < 1.29 is 24.2 Å². The van der Waals surface area contributed by atoms with Gasteiger partial charge < -0.3 is 19.9 Å². The number of morpholine rings is 1. The Hall–Kier alpha value is -1.67. The first-order chi connectivity index (χ1) is 13.1. The summed E-state index contributed by atoms with van der Waals surface area (Å²) in [6.07, 6.45) is 2.60. The van der Waals surface area contributed by atoms with E-state index in [1.54, 1.807) is 0 Å². The molecule has 1 aromatic carbocycles. The van der Waals surface area contributed by atoms with Gasteiger partial charge in [0.15, 0.2) is 0 Å². The SMILES string of the molecule is O=C(N[C@H]1C[C@H]2CO[C@@H](c3ccc(Cl)cc3)CN2C1)[C@@H]1CCCO1.O=CO. The van der Waals surface area contributed by atoms with Gasteiger partial charge >= 0.3 is 0 Å². The Morgan fingerprint density at radius 3 is 2.67 bits per heavy atom. The number of benzene rings is 1. The van der Waals surface area contributed by atoms with Gasteiger partial charge in [-0.05, 0) is 37.0 Å². The standard InChI is InChI=1S/C18H23ClN2O3.CH2O2/c19-13-5-3-12(4-6-13)17-10-21-9-14(8-15(21)11-24-17)20-18(22)16-2-1-7-23-16;2-1-3/h3-6,14-17H,1-2,7-11H2,(H,20,22);1H,(H,2,3)/t14-,15-,16-,17+;/m0./s1. The third-order valence-electron chi connectivity index (χ3n) is 5.23. The van der Waals surface area contributed by atoms with Gasteiger partial charge in [0.2, 0.25) is 5.91 Å². The zero-order valence-electron chi connectivity index (χ0n) is 15.1. The average molecular weight is 397 g/mol. The van der Waals surface area contributed by atoms with Crippen LogP contribution in [-0.4, -0.2) is 66.9 Å². The number of nitrogens with one attached hydrogen (secondary N) is 1.